The van der Waals surface area contributed by atoms with Gasteiger partial charge in [0, 0.05) is 12.6 Å². The monoisotopic (exact) mass is 365 g/mol. The van der Waals surface area contributed by atoms with Gasteiger partial charge in [-0.05, 0) is 17.7 Å². The Balaban J connectivity index is 2.08. The number of hydrogen-bond donors (Lipinski definition) is 0. The number of methoxy groups -OCH3 is 1. The Morgan fingerprint density at radius 1 is 1.17 bits per heavy atom. The first-order valence-corrected chi connectivity index (χ1v) is 8.11. The highest BCUT2D eigenvalue weighted by Crippen LogP contribution is 2.27. The van der Waals surface area contributed by atoms with Crippen LogP contribution in [0.1, 0.15) is 5.56 Å². The lowest BCUT2D eigenvalue weighted by atomic mass is 10.1. The SMILES string of the molecule is COc1ccc(CN2CC(=O)C=C(OS(=O)(=O)C(F)(F)F)C2)cc1. The first-order valence-electron chi connectivity index (χ1n) is 6.70. The van der Waals surface area contributed by atoms with Crippen molar-refractivity contribution in [3.8, 4) is 5.75 Å². The zero-order valence-corrected chi connectivity index (χ0v) is 13.4. The smallest absolute Gasteiger partial charge is 0.497 e. The molecule has 0 unspecified atom stereocenters. The molecule has 0 aliphatic carbocycles. The van der Waals surface area contributed by atoms with Gasteiger partial charge < -0.3 is 8.92 Å². The van der Waals surface area contributed by atoms with Gasteiger partial charge in [-0.15, -0.1) is 0 Å². The highest BCUT2D eigenvalue weighted by molar-refractivity contribution is 7.87. The van der Waals surface area contributed by atoms with Crippen LogP contribution >= 0.6 is 0 Å². The number of alkyl halides is 3. The van der Waals surface area contributed by atoms with Crippen LogP contribution in [0.4, 0.5) is 13.2 Å². The molecule has 2 rings (SSSR count). The molecule has 0 spiro atoms. The number of nitrogens with zero attached hydrogens (tertiary/aromatic N) is 1. The van der Waals surface area contributed by atoms with Crippen molar-refractivity contribution in [2.45, 2.75) is 12.1 Å². The van der Waals surface area contributed by atoms with Gasteiger partial charge in [0.15, 0.2) is 5.78 Å². The number of halogens is 3. The van der Waals surface area contributed by atoms with Crippen LogP contribution in [0.25, 0.3) is 0 Å². The molecule has 0 aromatic heterocycles. The maximum atomic E-state index is 12.4. The van der Waals surface area contributed by atoms with E-state index in [1.54, 1.807) is 24.3 Å². The molecule has 1 aliphatic heterocycles. The maximum absolute atomic E-state index is 12.4. The van der Waals surface area contributed by atoms with Gasteiger partial charge in [-0.25, -0.2) is 0 Å². The average Bonchev–Trinajstić information content (AvgIpc) is 2.45. The highest BCUT2D eigenvalue weighted by Gasteiger charge is 2.49. The summed E-state index contributed by atoms with van der Waals surface area (Å²) in [5, 5.41) is 0. The van der Waals surface area contributed by atoms with E-state index in [2.05, 4.69) is 4.18 Å². The van der Waals surface area contributed by atoms with Gasteiger partial charge in [-0.3, -0.25) is 9.69 Å². The van der Waals surface area contributed by atoms with E-state index in [4.69, 9.17) is 4.74 Å². The number of hydrogen-bond acceptors (Lipinski definition) is 6. The van der Waals surface area contributed by atoms with Crippen molar-refractivity contribution < 1.29 is 35.3 Å². The molecule has 0 saturated heterocycles. The molecule has 6 nitrogen and oxygen atoms in total. The molecule has 0 radical (unpaired) electrons. The third-order valence-electron chi connectivity index (χ3n) is 3.15. The molecule has 132 valence electrons. The van der Waals surface area contributed by atoms with Crippen molar-refractivity contribution in [2.75, 3.05) is 20.2 Å². The van der Waals surface area contributed by atoms with Crippen LogP contribution < -0.4 is 4.74 Å². The second-order valence-corrected chi connectivity index (χ2v) is 6.59. The largest absolute Gasteiger partial charge is 0.534 e. The minimum absolute atomic E-state index is 0.0506. The van der Waals surface area contributed by atoms with Gasteiger partial charge in [0.25, 0.3) is 0 Å². The van der Waals surface area contributed by atoms with Gasteiger partial charge in [0.2, 0.25) is 0 Å². The van der Waals surface area contributed by atoms with E-state index in [1.165, 1.54) is 12.0 Å². The Morgan fingerprint density at radius 2 is 1.79 bits per heavy atom. The molecule has 0 fully saturated rings. The Hall–Kier alpha value is -2.07. The molecule has 0 N–H and O–H groups in total. The fourth-order valence-corrected chi connectivity index (χ4v) is 2.58. The maximum Gasteiger partial charge on any atom is 0.534 e. The molecular formula is C14H14F3NO5S. The first kappa shape index (κ1) is 18.3. The molecule has 24 heavy (non-hydrogen) atoms. The van der Waals surface area contributed by atoms with Crippen molar-refractivity contribution in [1.82, 2.24) is 4.90 Å². The topological polar surface area (TPSA) is 72.9 Å². The van der Waals surface area contributed by atoms with Crippen molar-refractivity contribution in [1.29, 1.82) is 0 Å². The molecule has 0 bridgehead atoms. The van der Waals surface area contributed by atoms with E-state index in [9.17, 15) is 26.4 Å². The van der Waals surface area contributed by atoms with Gasteiger partial charge in [-0.1, -0.05) is 12.1 Å². The fraction of sp³-hybridized carbons (Fsp3) is 0.357. The Bertz CT molecular complexity index is 741. The Labute approximate surface area is 136 Å². The summed E-state index contributed by atoms with van der Waals surface area (Å²) in [7, 11) is -4.28. The van der Waals surface area contributed by atoms with Crippen molar-refractivity contribution in [2.24, 2.45) is 0 Å². The number of ether oxygens (including phenoxy) is 1. The summed E-state index contributed by atoms with van der Waals surface area (Å²) in [6.07, 6.45) is 0.772. The number of rotatable bonds is 5. The third kappa shape index (κ3) is 4.48. The zero-order chi connectivity index (χ0) is 18.0. The molecular weight excluding hydrogens is 351 g/mol. The van der Waals surface area contributed by atoms with Crippen LogP contribution in [-0.4, -0.2) is 44.8 Å². The summed E-state index contributed by atoms with van der Waals surface area (Å²) in [6.45, 7) is -0.0411. The number of benzene rings is 1. The highest BCUT2D eigenvalue weighted by atomic mass is 32.2. The van der Waals surface area contributed by atoms with E-state index in [0.717, 1.165) is 11.6 Å². The second kappa shape index (κ2) is 6.81. The lowest BCUT2D eigenvalue weighted by molar-refractivity contribution is -0.116. The Kier molecular flexibility index (Phi) is 5.19. The predicted molar refractivity (Wildman–Crippen MR) is 77.4 cm³/mol. The minimum Gasteiger partial charge on any atom is -0.497 e. The van der Waals surface area contributed by atoms with Crippen LogP contribution in [0.5, 0.6) is 5.75 Å². The van der Waals surface area contributed by atoms with E-state index in [1.807, 2.05) is 0 Å². The molecule has 1 aromatic rings. The van der Waals surface area contributed by atoms with Crippen LogP contribution in [0.3, 0.4) is 0 Å². The molecule has 1 heterocycles. The van der Waals surface area contributed by atoms with Gasteiger partial charge in [0.05, 0.1) is 20.2 Å². The van der Waals surface area contributed by atoms with Crippen LogP contribution in [0.15, 0.2) is 36.1 Å². The van der Waals surface area contributed by atoms with Crippen molar-refractivity contribution >= 4 is 15.9 Å². The summed E-state index contributed by atoms with van der Waals surface area (Å²) in [5.74, 6) is -0.465. The zero-order valence-electron chi connectivity index (χ0n) is 12.5. The number of ketones is 1. The molecule has 1 aromatic carbocycles. The third-order valence-corrected chi connectivity index (χ3v) is 4.15. The molecule has 10 heteroatoms. The molecule has 1 aliphatic rings. The summed E-state index contributed by atoms with van der Waals surface area (Å²) in [4.78, 5) is 13.1. The van der Waals surface area contributed by atoms with Gasteiger partial charge in [0.1, 0.15) is 11.5 Å². The van der Waals surface area contributed by atoms with E-state index >= 15 is 0 Å². The summed E-state index contributed by atoms with van der Waals surface area (Å²) in [6, 6.07) is 6.86. The average molecular weight is 365 g/mol. The second-order valence-electron chi connectivity index (χ2n) is 5.05. The van der Waals surface area contributed by atoms with Crippen molar-refractivity contribution in [3.05, 3.63) is 41.7 Å². The minimum atomic E-state index is -5.79. The standard InChI is InChI=1S/C14H14F3NO5S/c1-22-12-4-2-10(3-5-12)7-18-8-11(19)6-13(9-18)23-24(20,21)14(15,16)17/h2-6H,7-9H2,1H3. The first-order chi connectivity index (χ1) is 11.1. The summed E-state index contributed by atoms with van der Waals surface area (Å²) in [5.41, 5.74) is -4.77. The van der Waals surface area contributed by atoms with Crippen LogP contribution in [0, 0.1) is 0 Å². The quantitative estimate of drug-likeness (QED) is 0.586. The molecule has 0 saturated carbocycles. The van der Waals surface area contributed by atoms with Gasteiger partial charge in [-0.2, -0.15) is 21.6 Å². The number of carbonyl (C=O) groups is 1. The normalized spacial score (nSPS) is 16.7. The van der Waals surface area contributed by atoms with Crippen molar-refractivity contribution in [3.63, 3.8) is 0 Å². The van der Waals surface area contributed by atoms with E-state index in [0.29, 0.717) is 5.75 Å². The lowest BCUT2D eigenvalue weighted by Crippen LogP contribution is -2.37. The summed E-state index contributed by atoms with van der Waals surface area (Å²) < 4.78 is 68.2. The number of carbonyl (C=O) groups excluding carboxylic acids is 1. The van der Waals surface area contributed by atoms with Crippen LogP contribution in [-0.2, 0) is 25.6 Å². The van der Waals surface area contributed by atoms with Crippen LogP contribution in [0.2, 0.25) is 0 Å². The summed E-state index contributed by atoms with van der Waals surface area (Å²) >= 11 is 0. The lowest BCUT2D eigenvalue weighted by Gasteiger charge is -2.26. The van der Waals surface area contributed by atoms with Gasteiger partial charge >= 0.3 is 15.6 Å². The molecule has 0 amide bonds. The van der Waals surface area contributed by atoms with E-state index in [-0.39, 0.29) is 19.6 Å². The fourth-order valence-electron chi connectivity index (χ4n) is 2.11. The molecule has 0 atom stereocenters. The predicted octanol–water partition coefficient (Wildman–Crippen LogP) is 1.83. The Morgan fingerprint density at radius 3 is 2.33 bits per heavy atom. The van der Waals surface area contributed by atoms with E-state index < -0.39 is 27.2 Å².